The fraction of sp³-hybridized carbons (Fsp3) is 0.867. The first-order valence-corrected chi connectivity index (χ1v) is 7.66. The zero-order chi connectivity index (χ0) is 15.1. The Labute approximate surface area is 121 Å². The lowest BCUT2D eigenvalue weighted by Crippen LogP contribution is -2.40. The minimum Gasteiger partial charge on any atom is -0.481 e. The molecule has 1 atom stereocenters. The van der Waals surface area contributed by atoms with Crippen molar-refractivity contribution in [3.8, 4) is 0 Å². The van der Waals surface area contributed by atoms with Gasteiger partial charge in [-0.05, 0) is 44.1 Å². The average Bonchev–Trinajstić information content (AvgIpc) is 2.42. The van der Waals surface area contributed by atoms with Crippen molar-refractivity contribution in [3.63, 3.8) is 0 Å². The molecule has 0 radical (unpaired) electrons. The molecule has 5 heteroatoms. The Hall–Kier alpha value is -1.10. The summed E-state index contributed by atoms with van der Waals surface area (Å²) in [5.74, 6) is 0.195. The first kappa shape index (κ1) is 17.0. The average molecular weight is 284 g/mol. The third-order valence-corrected chi connectivity index (χ3v) is 4.41. The molecule has 1 rings (SSSR count). The molecule has 0 aromatic carbocycles. The number of hydrogen-bond donors (Lipinski definition) is 2. The SMILES string of the molecule is CC(C)C(CCN)CCC(=O)N1CCC(C(=O)O)CC1. The van der Waals surface area contributed by atoms with Gasteiger partial charge in [0.25, 0.3) is 0 Å². The molecule has 1 unspecified atom stereocenters. The number of carbonyl (C=O) groups is 2. The van der Waals surface area contributed by atoms with E-state index in [9.17, 15) is 9.59 Å². The first-order valence-electron chi connectivity index (χ1n) is 7.66. The fourth-order valence-corrected chi connectivity index (χ4v) is 2.87. The number of rotatable bonds is 7. The Morgan fingerprint density at radius 2 is 1.85 bits per heavy atom. The summed E-state index contributed by atoms with van der Waals surface area (Å²) in [4.78, 5) is 24.8. The minimum atomic E-state index is -0.736. The standard InChI is InChI=1S/C15H28N2O3/c1-11(2)12(5-8-16)3-4-14(18)17-9-6-13(7-10-17)15(19)20/h11-13H,3-10,16H2,1-2H3,(H,19,20). The molecular formula is C15H28N2O3. The van der Waals surface area contributed by atoms with Crippen LogP contribution in [0, 0.1) is 17.8 Å². The lowest BCUT2D eigenvalue weighted by atomic mass is 9.88. The van der Waals surface area contributed by atoms with Crippen molar-refractivity contribution in [2.24, 2.45) is 23.5 Å². The van der Waals surface area contributed by atoms with Crippen molar-refractivity contribution in [2.45, 2.75) is 46.0 Å². The second-order valence-corrected chi connectivity index (χ2v) is 6.11. The molecule has 0 spiro atoms. The molecule has 20 heavy (non-hydrogen) atoms. The van der Waals surface area contributed by atoms with Crippen molar-refractivity contribution in [2.75, 3.05) is 19.6 Å². The molecule has 5 nitrogen and oxygen atoms in total. The minimum absolute atomic E-state index is 0.163. The van der Waals surface area contributed by atoms with Gasteiger partial charge in [0, 0.05) is 19.5 Å². The van der Waals surface area contributed by atoms with Crippen LogP contribution in [-0.2, 0) is 9.59 Å². The summed E-state index contributed by atoms with van der Waals surface area (Å²) >= 11 is 0. The largest absolute Gasteiger partial charge is 0.481 e. The van der Waals surface area contributed by atoms with Crippen LogP contribution >= 0.6 is 0 Å². The highest BCUT2D eigenvalue weighted by molar-refractivity contribution is 5.77. The van der Waals surface area contributed by atoms with E-state index in [1.165, 1.54) is 0 Å². The van der Waals surface area contributed by atoms with Crippen LogP contribution in [0.5, 0.6) is 0 Å². The summed E-state index contributed by atoms with van der Waals surface area (Å²) in [5, 5.41) is 8.94. The molecule has 1 saturated heterocycles. The van der Waals surface area contributed by atoms with Gasteiger partial charge in [-0.25, -0.2) is 0 Å². The van der Waals surface area contributed by atoms with Gasteiger partial charge in [-0.2, -0.15) is 0 Å². The zero-order valence-electron chi connectivity index (χ0n) is 12.7. The van der Waals surface area contributed by atoms with Crippen molar-refractivity contribution in [1.29, 1.82) is 0 Å². The van der Waals surface area contributed by atoms with E-state index in [1.54, 1.807) is 0 Å². The third-order valence-electron chi connectivity index (χ3n) is 4.41. The molecule has 116 valence electrons. The Bertz CT molecular complexity index is 323. The van der Waals surface area contributed by atoms with E-state index in [4.69, 9.17) is 10.8 Å². The summed E-state index contributed by atoms with van der Waals surface area (Å²) in [6, 6.07) is 0. The molecule has 0 bridgehead atoms. The molecule has 1 aliphatic rings. The summed E-state index contributed by atoms with van der Waals surface area (Å²) in [6.45, 7) is 6.17. The van der Waals surface area contributed by atoms with Gasteiger partial charge in [0.15, 0.2) is 0 Å². The Balaban J connectivity index is 2.34. The van der Waals surface area contributed by atoms with Crippen molar-refractivity contribution in [3.05, 3.63) is 0 Å². The molecule has 3 N–H and O–H groups in total. The number of nitrogens with two attached hydrogens (primary N) is 1. The van der Waals surface area contributed by atoms with Crippen LogP contribution in [-0.4, -0.2) is 41.5 Å². The van der Waals surface area contributed by atoms with E-state index in [0.29, 0.717) is 50.7 Å². The van der Waals surface area contributed by atoms with Crippen LogP contribution < -0.4 is 5.73 Å². The molecule has 0 aliphatic carbocycles. The molecular weight excluding hydrogens is 256 g/mol. The Morgan fingerprint density at radius 3 is 2.30 bits per heavy atom. The highest BCUT2D eigenvalue weighted by Gasteiger charge is 2.27. The van der Waals surface area contributed by atoms with Crippen LogP contribution in [0.4, 0.5) is 0 Å². The van der Waals surface area contributed by atoms with Gasteiger partial charge in [-0.15, -0.1) is 0 Å². The fourth-order valence-electron chi connectivity index (χ4n) is 2.87. The maximum atomic E-state index is 12.2. The second kappa shape index (κ2) is 8.25. The molecule has 1 heterocycles. The highest BCUT2D eigenvalue weighted by atomic mass is 16.4. The van der Waals surface area contributed by atoms with Crippen LogP contribution in [0.3, 0.4) is 0 Å². The molecule has 0 saturated carbocycles. The number of aliphatic carboxylic acids is 1. The summed E-state index contributed by atoms with van der Waals surface area (Å²) < 4.78 is 0. The molecule has 0 aromatic heterocycles. The number of carboxylic acid groups (broad SMARTS) is 1. The lowest BCUT2D eigenvalue weighted by molar-refractivity contribution is -0.145. The summed E-state index contributed by atoms with van der Waals surface area (Å²) in [5.41, 5.74) is 5.61. The topological polar surface area (TPSA) is 83.6 Å². The molecule has 1 fully saturated rings. The van der Waals surface area contributed by atoms with Crippen molar-refractivity contribution >= 4 is 11.9 Å². The van der Waals surface area contributed by atoms with Crippen LogP contribution in [0.15, 0.2) is 0 Å². The number of amides is 1. The predicted molar refractivity (Wildman–Crippen MR) is 78.2 cm³/mol. The zero-order valence-corrected chi connectivity index (χ0v) is 12.7. The molecule has 0 aromatic rings. The van der Waals surface area contributed by atoms with Gasteiger partial charge in [-0.1, -0.05) is 13.8 Å². The van der Waals surface area contributed by atoms with E-state index in [1.807, 2.05) is 4.90 Å². The van der Waals surface area contributed by atoms with Gasteiger partial charge in [0.1, 0.15) is 0 Å². The van der Waals surface area contributed by atoms with E-state index in [0.717, 1.165) is 12.8 Å². The number of likely N-dealkylation sites (tertiary alicyclic amines) is 1. The van der Waals surface area contributed by atoms with Gasteiger partial charge >= 0.3 is 5.97 Å². The van der Waals surface area contributed by atoms with Crippen molar-refractivity contribution in [1.82, 2.24) is 4.90 Å². The maximum absolute atomic E-state index is 12.2. The van der Waals surface area contributed by atoms with Crippen LogP contribution in [0.2, 0.25) is 0 Å². The van der Waals surface area contributed by atoms with Gasteiger partial charge in [-0.3, -0.25) is 9.59 Å². The van der Waals surface area contributed by atoms with Crippen molar-refractivity contribution < 1.29 is 14.7 Å². The number of piperidine rings is 1. The number of carbonyl (C=O) groups excluding carboxylic acids is 1. The first-order chi connectivity index (χ1) is 9.45. The molecule has 1 aliphatic heterocycles. The molecule has 1 amide bonds. The van der Waals surface area contributed by atoms with E-state index in [2.05, 4.69) is 13.8 Å². The number of hydrogen-bond acceptors (Lipinski definition) is 3. The third kappa shape index (κ3) is 5.12. The van der Waals surface area contributed by atoms with E-state index < -0.39 is 5.97 Å². The Kier molecular flexibility index (Phi) is 6.99. The Morgan fingerprint density at radius 1 is 1.25 bits per heavy atom. The van der Waals surface area contributed by atoms with Crippen LogP contribution in [0.25, 0.3) is 0 Å². The van der Waals surface area contributed by atoms with E-state index >= 15 is 0 Å². The maximum Gasteiger partial charge on any atom is 0.306 e. The lowest BCUT2D eigenvalue weighted by Gasteiger charge is -2.31. The quantitative estimate of drug-likeness (QED) is 0.745. The highest BCUT2D eigenvalue weighted by Crippen LogP contribution is 2.23. The van der Waals surface area contributed by atoms with Crippen LogP contribution in [0.1, 0.15) is 46.0 Å². The van der Waals surface area contributed by atoms with Gasteiger partial charge in [0.05, 0.1) is 5.92 Å². The second-order valence-electron chi connectivity index (χ2n) is 6.11. The number of nitrogens with zero attached hydrogens (tertiary/aromatic N) is 1. The van der Waals surface area contributed by atoms with Gasteiger partial charge in [0.2, 0.25) is 5.91 Å². The predicted octanol–water partition coefficient (Wildman–Crippen LogP) is 1.71. The normalized spacial score (nSPS) is 18.3. The van der Waals surface area contributed by atoms with Gasteiger partial charge < -0.3 is 15.7 Å². The summed E-state index contributed by atoms with van der Waals surface area (Å²) in [7, 11) is 0. The summed E-state index contributed by atoms with van der Waals surface area (Å²) in [6.07, 6.45) is 3.56. The smallest absolute Gasteiger partial charge is 0.306 e. The monoisotopic (exact) mass is 284 g/mol. The number of carboxylic acids is 1. The van der Waals surface area contributed by atoms with E-state index in [-0.39, 0.29) is 11.8 Å².